The number of carbonyl (C=O) groups excluding carboxylic acids is 3. The van der Waals surface area contributed by atoms with Gasteiger partial charge in [0.2, 0.25) is 5.91 Å². The Balaban J connectivity index is -0.000000744. The molecule has 0 bridgehead atoms. The summed E-state index contributed by atoms with van der Waals surface area (Å²) in [6.45, 7) is 34.4. The van der Waals surface area contributed by atoms with E-state index in [1.165, 1.54) is 36.8 Å². The third-order valence-electron chi connectivity index (χ3n) is 9.21. The molecule has 2 aromatic heterocycles. The standard InChI is InChI=1S/C18H29N5O.C15H27N.C6H11NO.2C2H6.CH2O/c1-5-13(3)8-7-9-15(16-12-19-14(4)21-16)22-18(24)17-10-11-20-23(17)6-2;1-6-9-11-14(10-7-2)15(13(5)16)12(4)8-3;1-5-2-3-6(8)7-4-5;3*1-2/h10-13,15H,5-9H2,1-4H3,(H,19,21)(H,22,24);6,14,16H,1,7-11H2,2-5H3;5H,2-4H2,1H3,(H,7,8);2*1-2H3;1H2. The number of hydrogen-bond acceptors (Lipinski definition) is 6. The summed E-state index contributed by atoms with van der Waals surface area (Å²) >= 11 is 0. The van der Waals surface area contributed by atoms with Crippen molar-refractivity contribution in [3.8, 4) is 0 Å². The van der Waals surface area contributed by atoms with Crippen LogP contribution < -0.4 is 10.6 Å². The molecule has 1 fully saturated rings. The van der Waals surface area contributed by atoms with Gasteiger partial charge >= 0.3 is 0 Å². The van der Waals surface area contributed by atoms with Crippen LogP contribution in [0.3, 0.4) is 0 Å². The predicted octanol–water partition coefficient (Wildman–Crippen LogP) is 11.2. The van der Waals surface area contributed by atoms with Crippen molar-refractivity contribution in [3.63, 3.8) is 0 Å². The van der Waals surface area contributed by atoms with Crippen LogP contribution in [0.25, 0.3) is 0 Å². The van der Waals surface area contributed by atoms with E-state index in [1.54, 1.807) is 16.9 Å². The minimum atomic E-state index is -0.0878. The zero-order valence-corrected chi connectivity index (χ0v) is 36.8. The number of amides is 2. The highest BCUT2D eigenvalue weighted by molar-refractivity contribution is 5.96. The highest BCUT2D eigenvalue weighted by Gasteiger charge is 2.20. The molecule has 2 amide bonds. The fraction of sp³-hybridized carbons (Fsp3) is 0.682. The number of piperidine rings is 1. The van der Waals surface area contributed by atoms with Crippen LogP contribution in [-0.4, -0.2) is 50.6 Å². The molecule has 310 valence electrons. The van der Waals surface area contributed by atoms with Crippen molar-refractivity contribution < 1.29 is 14.4 Å². The van der Waals surface area contributed by atoms with Gasteiger partial charge in [0.1, 0.15) is 18.3 Å². The maximum atomic E-state index is 12.6. The van der Waals surface area contributed by atoms with E-state index in [1.807, 2.05) is 67.5 Å². The molecule has 4 unspecified atom stereocenters. The smallest absolute Gasteiger partial charge is 0.270 e. The van der Waals surface area contributed by atoms with E-state index in [0.717, 1.165) is 68.7 Å². The Hall–Kier alpha value is -3.82. The molecular formula is C44H81N7O3. The lowest BCUT2D eigenvalue weighted by Crippen LogP contribution is -2.33. The van der Waals surface area contributed by atoms with E-state index in [0.29, 0.717) is 30.0 Å². The molecule has 54 heavy (non-hydrogen) atoms. The highest BCUT2D eigenvalue weighted by Crippen LogP contribution is 2.27. The van der Waals surface area contributed by atoms with Crippen LogP contribution in [0.1, 0.15) is 182 Å². The van der Waals surface area contributed by atoms with E-state index in [4.69, 9.17) is 10.2 Å². The lowest BCUT2D eigenvalue weighted by Gasteiger charge is -2.21. The van der Waals surface area contributed by atoms with E-state index in [2.05, 4.69) is 73.8 Å². The Morgan fingerprint density at radius 1 is 1.09 bits per heavy atom. The van der Waals surface area contributed by atoms with E-state index < -0.39 is 0 Å². The van der Waals surface area contributed by atoms with Gasteiger partial charge in [-0.05, 0) is 95.6 Å². The first-order valence-corrected chi connectivity index (χ1v) is 20.7. The summed E-state index contributed by atoms with van der Waals surface area (Å²) in [5.41, 5.74) is 5.00. The van der Waals surface area contributed by atoms with Gasteiger partial charge in [-0.3, -0.25) is 14.3 Å². The predicted molar refractivity (Wildman–Crippen MR) is 230 cm³/mol. The molecule has 0 radical (unpaired) electrons. The van der Waals surface area contributed by atoms with Crippen LogP contribution in [0.15, 0.2) is 42.3 Å². The summed E-state index contributed by atoms with van der Waals surface area (Å²) in [6, 6.07) is 1.70. The van der Waals surface area contributed by atoms with Crippen molar-refractivity contribution in [2.75, 3.05) is 6.54 Å². The number of allylic oxidation sites excluding steroid dienone is 3. The second-order valence-electron chi connectivity index (χ2n) is 13.4. The van der Waals surface area contributed by atoms with E-state index >= 15 is 0 Å². The van der Waals surface area contributed by atoms with Gasteiger partial charge in [0, 0.05) is 31.4 Å². The van der Waals surface area contributed by atoms with Crippen molar-refractivity contribution in [1.82, 2.24) is 30.4 Å². The number of hydrogen-bond donors (Lipinski definition) is 4. The Morgan fingerprint density at radius 3 is 2.19 bits per heavy atom. The first-order valence-electron chi connectivity index (χ1n) is 20.7. The van der Waals surface area contributed by atoms with Gasteiger partial charge in [-0.2, -0.15) is 5.10 Å². The van der Waals surface area contributed by atoms with Gasteiger partial charge in [0.15, 0.2) is 0 Å². The van der Waals surface area contributed by atoms with Gasteiger partial charge in [-0.25, -0.2) is 4.98 Å². The van der Waals surface area contributed by atoms with Crippen molar-refractivity contribution in [2.45, 2.75) is 173 Å². The van der Waals surface area contributed by atoms with Gasteiger partial charge < -0.3 is 25.8 Å². The van der Waals surface area contributed by atoms with Gasteiger partial charge in [0.05, 0.1) is 17.9 Å². The Morgan fingerprint density at radius 2 is 1.74 bits per heavy atom. The summed E-state index contributed by atoms with van der Waals surface area (Å²) in [6.07, 6.45) is 17.2. The van der Waals surface area contributed by atoms with Crippen LogP contribution in [-0.2, 0) is 16.1 Å². The van der Waals surface area contributed by atoms with Crippen LogP contribution >= 0.6 is 0 Å². The number of imidazole rings is 1. The largest absolute Gasteiger partial charge is 0.356 e. The molecule has 0 saturated carbocycles. The normalized spacial score (nSPS) is 15.0. The lowest BCUT2D eigenvalue weighted by molar-refractivity contribution is -0.122. The number of nitrogens with zero attached hydrogens (tertiary/aromatic N) is 3. The average Bonchev–Trinajstić information content (AvgIpc) is 3.86. The summed E-state index contributed by atoms with van der Waals surface area (Å²) < 4.78 is 1.71. The molecule has 10 heteroatoms. The zero-order valence-electron chi connectivity index (χ0n) is 36.8. The molecule has 3 heterocycles. The van der Waals surface area contributed by atoms with Crippen molar-refractivity contribution in [2.24, 2.45) is 17.8 Å². The Labute approximate surface area is 330 Å². The molecule has 2 aromatic rings. The highest BCUT2D eigenvalue weighted by atomic mass is 16.2. The van der Waals surface area contributed by atoms with Crippen LogP contribution in [0, 0.1) is 30.1 Å². The molecular weight excluding hydrogens is 675 g/mol. The number of aromatic nitrogens is 4. The number of aryl methyl sites for hydroxylation is 2. The molecule has 1 aliphatic heterocycles. The molecule has 4 atom stereocenters. The SMILES string of the molecule is C=CCCC(CCC)C(C(C)=N)=C(C)CC.C=O.CC.CC.CC1CCC(=O)NC1.CCC(C)CCCC(NC(=O)c1ccnn1CC)c1cnc(C)[nH]1. The molecule has 1 aliphatic rings. The topological polar surface area (TPSA) is 146 Å². The second-order valence-corrected chi connectivity index (χ2v) is 13.4. The van der Waals surface area contributed by atoms with Gasteiger partial charge in [-0.1, -0.05) is 99.6 Å². The minimum Gasteiger partial charge on any atom is -0.356 e. The van der Waals surface area contributed by atoms with Crippen LogP contribution in [0.4, 0.5) is 0 Å². The van der Waals surface area contributed by atoms with Gasteiger partial charge in [0.25, 0.3) is 5.91 Å². The minimum absolute atomic E-state index is 0.0528. The zero-order chi connectivity index (χ0) is 42.1. The number of carbonyl (C=O) groups is 3. The summed E-state index contributed by atoms with van der Waals surface area (Å²) in [7, 11) is 0. The molecule has 0 aliphatic carbocycles. The first-order chi connectivity index (χ1) is 25.9. The fourth-order valence-corrected chi connectivity index (χ4v) is 5.93. The maximum Gasteiger partial charge on any atom is 0.270 e. The van der Waals surface area contributed by atoms with Crippen LogP contribution in [0.5, 0.6) is 0 Å². The number of aromatic amines is 1. The van der Waals surface area contributed by atoms with E-state index in [-0.39, 0.29) is 17.9 Å². The average molecular weight is 756 g/mol. The summed E-state index contributed by atoms with van der Waals surface area (Å²) in [5.74, 6) is 2.95. The second kappa shape index (κ2) is 34.9. The maximum absolute atomic E-state index is 12.6. The summed E-state index contributed by atoms with van der Waals surface area (Å²) in [4.78, 5) is 38.7. The third kappa shape index (κ3) is 23.1. The number of rotatable bonds is 17. The molecule has 3 rings (SSSR count). The third-order valence-corrected chi connectivity index (χ3v) is 9.21. The van der Waals surface area contributed by atoms with E-state index in [9.17, 15) is 9.59 Å². The summed E-state index contributed by atoms with van der Waals surface area (Å²) in [5, 5.41) is 18.1. The van der Waals surface area contributed by atoms with Crippen molar-refractivity contribution in [1.29, 1.82) is 5.41 Å². The number of H-pyrrole nitrogens is 1. The monoisotopic (exact) mass is 756 g/mol. The first kappa shape index (κ1) is 54.5. The Bertz CT molecular complexity index is 1290. The van der Waals surface area contributed by atoms with Gasteiger partial charge in [-0.15, -0.1) is 6.58 Å². The van der Waals surface area contributed by atoms with Crippen molar-refractivity contribution >= 4 is 24.3 Å². The number of nitrogens with one attached hydrogen (secondary N) is 4. The molecule has 0 spiro atoms. The molecule has 0 aromatic carbocycles. The lowest BCUT2D eigenvalue weighted by atomic mass is 9.84. The quantitative estimate of drug-likeness (QED) is 0.0938. The fourth-order valence-electron chi connectivity index (χ4n) is 5.93. The molecule has 4 N–H and O–H groups in total. The molecule has 1 saturated heterocycles. The van der Waals surface area contributed by atoms with Crippen LogP contribution in [0.2, 0.25) is 0 Å². The van der Waals surface area contributed by atoms with Crippen molar-refractivity contribution in [3.05, 3.63) is 59.5 Å². The Kier molecular flexibility index (Phi) is 35.3. The molecule has 10 nitrogen and oxygen atoms in total.